The van der Waals surface area contributed by atoms with Gasteiger partial charge in [0.25, 0.3) is 0 Å². The van der Waals surface area contributed by atoms with Crippen LogP contribution in [-0.2, 0) is 11.3 Å². The number of likely N-dealkylation sites (N-methyl/N-ethyl adjacent to an activating group) is 1. The first-order valence-electron chi connectivity index (χ1n) is 7.25. The minimum Gasteiger partial charge on any atom is -0.376 e. The van der Waals surface area contributed by atoms with Crippen molar-refractivity contribution in [2.24, 2.45) is 0 Å². The van der Waals surface area contributed by atoms with Gasteiger partial charge in [0.05, 0.1) is 6.10 Å². The molecule has 1 N–H and O–H groups in total. The third-order valence-corrected chi connectivity index (χ3v) is 3.65. The summed E-state index contributed by atoms with van der Waals surface area (Å²) in [6.45, 7) is 4.78. The van der Waals surface area contributed by atoms with Crippen LogP contribution in [0.4, 0.5) is 4.79 Å². The molecule has 0 saturated carbocycles. The van der Waals surface area contributed by atoms with E-state index in [0.717, 1.165) is 31.8 Å². The Balaban J connectivity index is 1.67. The van der Waals surface area contributed by atoms with E-state index < -0.39 is 0 Å². The maximum Gasteiger partial charge on any atom is 0.317 e. The molecule has 0 spiro atoms. The smallest absolute Gasteiger partial charge is 0.317 e. The highest BCUT2D eigenvalue weighted by atomic mass is 16.5. The molecule has 2 rings (SSSR count). The van der Waals surface area contributed by atoms with Crippen LogP contribution in [0.5, 0.6) is 0 Å². The van der Waals surface area contributed by atoms with Crippen molar-refractivity contribution < 1.29 is 9.53 Å². The molecular weight excluding hydrogens is 256 g/mol. The largest absolute Gasteiger partial charge is 0.376 e. The maximum absolute atomic E-state index is 12.0. The number of aryl methyl sites for hydroxylation is 1. The minimum atomic E-state index is -0.0445. The molecule has 0 bridgehead atoms. The van der Waals surface area contributed by atoms with E-state index in [1.54, 1.807) is 11.1 Å². The van der Waals surface area contributed by atoms with Crippen molar-refractivity contribution in [2.45, 2.75) is 38.8 Å². The number of imidazole rings is 1. The topological polar surface area (TPSA) is 59.4 Å². The first-order valence-corrected chi connectivity index (χ1v) is 7.25. The molecule has 0 radical (unpaired) electrons. The molecule has 1 aliphatic rings. The monoisotopic (exact) mass is 280 g/mol. The summed E-state index contributed by atoms with van der Waals surface area (Å²) in [6, 6.07) is -0.0445. The summed E-state index contributed by atoms with van der Waals surface area (Å²) in [5.74, 6) is 0.961. The molecule has 0 aromatic carbocycles. The summed E-state index contributed by atoms with van der Waals surface area (Å²) in [4.78, 5) is 17.8. The highest BCUT2D eigenvalue weighted by Crippen LogP contribution is 2.13. The van der Waals surface area contributed by atoms with Crippen LogP contribution in [0.2, 0.25) is 0 Å². The van der Waals surface area contributed by atoms with E-state index in [1.165, 1.54) is 6.42 Å². The first kappa shape index (κ1) is 14.8. The predicted octanol–water partition coefficient (Wildman–Crippen LogP) is 1.40. The van der Waals surface area contributed by atoms with Gasteiger partial charge in [-0.25, -0.2) is 9.78 Å². The maximum atomic E-state index is 12.0. The third kappa shape index (κ3) is 4.23. The summed E-state index contributed by atoms with van der Waals surface area (Å²) < 4.78 is 7.66. The zero-order valence-corrected chi connectivity index (χ0v) is 12.3. The Hall–Kier alpha value is -1.56. The van der Waals surface area contributed by atoms with Gasteiger partial charge in [-0.15, -0.1) is 0 Å². The van der Waals surface area contributed by atoms with E-state index in [9.17, 15) is 4.79 Å². The number of hydrogen-bond donors (Lipinski definition) is 1. The second-order valence-electron chi connectivity index (χ2n) is 5.27. The van der Waals surface area contributed by atoms with Crippen LogP contribution in [0, 0.1) is 6.92 Å². The number of aromatic nitrogens is 2. The third-order valence-electron chi connectivity index (χ3n) is 3.65. The van der Waals surface area contributed by atoms with E-state index in [0.29, 0.717) is 13.1 Å². The van der Waals surface area contributed by atoms with Gasteiger partial charge in [-0.1, -0.05) is 0 Å². The van der Waals surface area contributed by atoms with E-state index >= 15 is 0 Å². The Labute approximate surface area is 120 Å². The van der Waals surface area contributed by atoms with Crippen molar-refractivity contribution in [3.8, 4) is 0 Å². The van der Waals surface area contributed by atoms with Gasteiger partial charge in [-0.05, 0) is 26.2 Å². The summed E-state index contributed by atoms with van der Waals surface area (Å²) in [5, 5.41) is 2.92. The van der Waals surface area contributed by atoms with Gasteiger partial charge in [0.1, 0.15) is 5.82 Å². The lowest BCUT2D eigenvalue weighted by Crippen LogP contribution is -2.43. The molecule has 2 amide bonds. The van der Waals surface area contributed by atoms with Gasteiger partial charge >= 0.3 is 6.03 Å². The lowest BCUT2D eigenvalue weighted by atomic mass is 10.1. The van der Waals surface area contributed by atoms with Crippen LogP contribution in [-0.4, -0.2) is 53.3 Å². The van der Waals surface area contributed by atoms with Crippen molar-refractivity contribution in [1.29, 1.82) is 0 Å². The Morgan fingerprint density at radius 2 is 2.45 bits per heavy atom. The van der Waals surface area contributed by atoms with Crippen molar-refractivity contribution in [3.63, 3.8) is 0 Å². The molecule has 6 nitrogen and oxygen atoms in total. The molecule has 1 saturated heterocycles. The number of nitrogens with zero attached hydrogens (tertiary/aromatic N) is 3. The fourth-order valence-electron chi connectivity index (χ4n) is 2.40. The van der Waals surface area contributed by atoms with Crippen LogP contribution < -0.4 is 5.32 Å². The second kappa shape index (κ2) is 7.28. The molecule has 0 aliphatic carbocycles. The normalized spacial score (nSPS) is 18.8. The van der Waals surface area contributed by atoms with E-state index in [4.69, 9.17) is 4.74 Å². The Bertz CT molecular complexity index is 427. The first-order chi connectivity index (χ1) is 9.66. The zero-order chi connectivity index (χ0) is 14.4. The summed E-state index contributed by atoms with van der Waals surface area (Å²) in [7, 11) is 1.82. The lowest BCUT2D eigenvalue weighted by Gasteiger charge is -2.27. The van der Waals surface area contributed by atoms with Crippen LogP contribution in [0.1, 0.15) is 25.1 Å². The van der Waals surface area contributed by atoms with Crippen molar-refractivity contribution in [3.05, 3.63) is 18.2 Å². The molecule has 20 heavy (non-hydrogen) atoms. The van der Waals surface area contributed by atoms with E-state index in [-0.39, 0.29) is 12.1 Å². The highest BCUT2D eigenvalue weighted by molar-refractivity contribution is 5.73. The van der Waals surface area contributed by atoms with Gasteiger partial charge in [0, 0.05) is 45.7 Å². The van der Waals surface area contributed by atoms with E-state index in [2.05, 4.69) is 10.3 Å². The number of nitrogens with one attached hydrogen (secondary N) is 1. The van der Waals surface area contributed by atoms with Gasteiger partial charge < -0.3 is 19.5 Å². The molecular formula is C14H24N4O2. The minimum absolute atomic E-state index is 0.0445. The van der Waals surface area contributed by atoms with Gasteiger partial charge in [0.15, 0.2) is 0 Å². The molecule has 2 heterocycles. The standard InChI is InChI=1S/C14H24N4O2/c1-12-15-6-8-18(12)9-7-16-14(19)17(2)11-13-5-3-4-10-20-13/h6,8,13H,3-5,7,9-11H2,1-2H3,(H,16,19). The summed E-state index contributed by atoms with van der Waals surface area (Å²) >= 11 is 0. The van der Waals surface area contributed by atoms with E-state index in [1.807, 2.05) is 24.7 Å². The van der Waals surface area contributed by atoms with Crippen molar-refractivity contribution in [2.75, 3.05) is 26.7 Å². The molecule has 1 unspecified atom stereocenters. The van der Waals surface area contributed by atoms with Crippen LogP contribution in [0.25, 0.3) is 0 Å². The quantitative estimate of drug-likeness (QED) is 0.887. The number of carbonyl (C=O) groups is 1. The number of rotatable bonds is 5. The molecule has 1 aromatic heterocycles. The Morgan fingerprint density at radius 3 is 3.10 bits per heavy atom. The van der Waals surface area contributed by atoms with Crippen molar-refractivity contribution >= 4 is 6.03 Å². The molecule has 1 aromatic rings. The number of urea groups is 1. The molecule has 6 heteroatoms. The van der Waals surface area contributed by atoms with Gasteiger partial charge in [0.2, 0.25) is 0 Å². The number of carbonyl (C=O) groups excluding carboxylic acids is 1. The predicted molar refractivity (Wildman–Crippen MR) is 76.6 cm³/mol. The molecule has 1 aliphatic heterocycles. The van der Waals surface area contributed by atoms with Crippen LogP contribution in [0.15, 0.2) is 12.4 Å². The summed E-state index contributed by atoms with van der Waals surface area (Å²) in [6.07, 6.45) is 7.25. The fourth-order valence-corrected chi connectivity index (χ4v) is 2.40. The SMILES string of the molecule is Cc1nccn1CCNC(=O)N(C)CC1CCCCO1. The average Bonchev–Trinajstić information content (AvgIpc) is 2.85. The highest BCUT2D eigenvalue weighted by Gasteiger charge is 2.18. The second-order valence-corrected chi connectivity index (χ2v) is 5.27. The molecule has 1 fully saturated rings. The van der Waals surface area contributed by atoms with Gasteiger partial charge in [-0.3, -0.25) is 0 Å². The Morgan fingerprint density at radius 1 is 1.60 bits per heavy atom. The number of hydrogen-bond acceptors (Lipinski definition) is 3. The molecule has 1 atom stereocenters. The molecule has 112 valence electrons. The number of amides is 2. The van der Waals surface area contributed by atoms with Gasteiger partial charge in [-0.2, -0.15) is 0 Å². The van der Waals surface area contributed by atoms with Crippen molar-refractivity contribution in [1.82, 2.24) is 19.8 Å². The Kier molecular flexibility index (Phi) is 5.40. The van der Waals surface area contributed by atoms with Crippen LogP contribution in [0.3, 0.4) is 0 Å². The van der Waals surface area contributed by atoms with Crippen LogP contribution >= 0.6 is 0 Å². The number of ether oxygens (including phenoxy) is 1. The average molecular weight is 280 g/mol. The summed E-state index contributed by atoms with van der Waals surface area (Å²) in [5.41, 5.74) is 0. The lowest BCUT2D eigenvalue weighted by molar-refractivity contribution is 0.00387. The fraction of sp³-hybridized carbons (Fsp3) is 0.714. The zero-order valence-electron chi connectivity index (χ0n) is 12.3.